The van der Waals surface area contributed by atoms with Gasteiger partial charge in [-0.25, -0.2) is 18.2 Å². The van der Waals surface area contributed by atoms with Crippen molar-refractivity contribution in [3.8, 4) is 0 Å². The van der Waals surface area contributed by atoms with Gasteiger partial charge in [0.2, 0.25) is 0 Å². The lowest BCUT2D eigenvalue weighted by Crippen LogP contribution is -2.27. The summed E-state index contributed by atoms with van der Waals surface area (Å²) in [5, 5.41) is 9.59. The van der Waals surface area contributed by atoms with Crippen molar-refractivity contribution in [2.75, 3.05) is 22.7 Å². The molecule has 0 bridgehead atoms. The van der Waals surface area contributed by atoms with Crippen LogP contribution in [0.25, 0.3) is 0 Å². The summed E-state index contributed by atoms with van der Waals surface area (Å²) < 4.78 is 27.5. The number of aromatic nitrogens is 1. The Kier molecular flexibility index (Phi) is 5.65. The molecule has 1 aromatic heterocycles. The molecule has 27 heavy (non-hydrogen) atoms. The average molecular weight is 389 g/mol. The Bertz CT molecular complexity index is 918. The van der Waals surface area contributed by atoms with Gasteiger partial charge in [-0.05, 0) is 38.0 Å². The van der Waals surface area contributed by atoms with Crippen LogP contribution in [0.15, 0.2) is 41.4 Å². The number of carbonyl (C=O) groups is 1. The van der Waals surface area contributed by atoms with E-state index in [1.54, 1.807) is 12.1 Å². The molecule has 0 atom stereocenters. The molecular formula is C19H23N3O4S. The fourth-order valence-corrected chi connectivity index (χ4v) is 4.17. The van der Waals surface area contributed by atoms with Gasteiger partial charge in [0.15, 0.2) is 0 Å². The van der Waals surface area contributed by atoms with Crippen molar-refractivity contribution in [2.24, 2.45) is 0 Å². The van der Waals surface area contributed by atoms with Crippen molar-refractivity contribution >= 4 is 27.5 Å². The van der Waals surface area contributed by atoms with Crippen LogP contribution in [0.1, 0.15) is 41.6 Å². The fourth-order valence-electron chi connectivity index (χ4n) is 3.14. The highest BCUT2D eigenvalue weighted by Gasteiger charge is 2.21. The molecule has 2 N–H and O–H groups in total. The first-order chi connectivity index (χ1) is 12.9. The lowest BCUT2D eigenvalue weighted by molar-refractivity contribution is 0.0697. The monoisotopic (exact) mass is 389 g/mol. The summed E-state index contributed by atoms with van der Waals surface area (Å²) >= 11 is 0. The molecule has 0 radical (unpaired) electrons. The highest BCUT2D eigenvalue weighted by Crippen LogP contribution is 2.25. The molecule has 1 aromatic carbocycles. The highest BCUT2D eigenvalue weighted by atomic mass is 32.2. The van der Waals surface area contributed by atoms with Crippen molar-refractivity contribution < 1.29 is 18.3 Å². The van der Waals surface area contributed by atoms with Gasteiger partial charge >= 0.3 is 5.97 Å². The van der Waals surface area contributed by atoms with Crippen LogP contribution in [-0.2, 0) is 10.0 Å². The minimum Gasteiger partial charge on any atom is -0.478 e. The normalized spacial score (nSPS) is 15.2. The van der Waals surface area contributed by atoms with E-state index in [9.17, 15) is 18.3 Å². The predicted octanol–water partition coefficient (Wildman–Crippen LogP) is 3.27. The topological polar surface area (TPSA) is 99.6 Å². The van der Waals surface area contributed by atoms with E-state index >= 15 is 0 Å². The number of carboxylic acids is 1. The maximum Gasteiger partial charge on any atom is 0.339 e. The number of sulfonamides is 1. The molecule has 1 aliphatic heterocycles. The van der Waals surface area contributed by atoms with Gasteiger partial charge in [-0.3, -0.25) is 4.72 Å². The van der Waals surface area contributed by atoms with Crippen LogP contribution >= 0.6 is 0 Å². The molecule has 7 nitrogen and oxygen atoms in total. The van der Waals surface area contributed by atoms with Crippen molar-refractivity contribution in [1.29, 1.82) is 0 Å². The van der Waals surface area contributed by atoms with Gasteiger partial charge in [0.1, 0.15) is 11.4 Å². The number of rotatable bonds is 5. The zero-order valence-electron chi connectivity index (χ0n) is 15.2. The quantitative estimate of drug-likeness (QED) is 0.814. The number of hydrogen-bond donors (Lipinski definition) is 2. The lowest BCUT2D eigenvalue weighted by atomic mass is 10.2. The number of carboxylic acid groups (broad SMARTS) is 1. The van der Waals surface area contributed by atoms with Crippen molar-refractivity contribution in [3.05, 3.63) is 47.7 Å². The van der Waals surface area contributed by atoms with E-state index in [2.05, 4.69) is 9.71 Å². The third-order valence-electron chi connectivity index (χ3n) is 4.59. The Morgan fingerprint density at radius 3 is 2.33 bits per heavy atom. The largest absolute Gasteiger partial charge is 0.478 e. The average Bonchev–Trinajstić information content (AvgIpc) is 2.91. The predicted molar refractivity (Wildman–Crippen MR) is 104 cm³/mol. The molecule has 1 aliphatic rings. The van der Waals surface area contributed by atoms with Gasteiger partial charge < -0.3 is 10.0 Å². The van der Waals surface area contributed by atoms with Gasteiger partial charge in [-0.15, -0.1) is 0 Å². The summed E-state index contributed by atoms with van der Waals surface area (Å²) in [7, 11) is -3.81. The van der Waals surface area contributed by atoms with Gasteiger partial charge in [-0.1, -0.05) is 30.5 Å². The zero-order valence-corrected chi connectivity index (χ0v) is 16.0. The Morgan fingerprint density at radius 1 is 1.11 bits per heavy atom. The van der Waals surface area contributed by atoms with Crippen LogP contribution in [0, 0.1) is 6.92 Å². The van der Waals surface area contributed by atoms with E-state index in [-0.39, 0.29) is 16.1 Å². The molecule has 8 heteroatoms. The molecule has 0 spiro atoms. The maximum atomic E-state index is 12.5. The van der Waals surface area contributed by atoms with Crippen LogP contribution in [0.3, 0.4) is 0 Å². The lowest BCUT2D eigenvalue weighted by Gasteiger charge is -2.23. The van der Waals surface area contributed by atoms with E-state index in [1.165, 1.54) is 24.4 Å². The molecule has 0 saturated carbocycles. The number of aryl methyl sites for hydroxylation is 1. The summed E-state index contributed by atoms with van der Waals surface area (Å²) in [6.07, 6.45) is 5.59. The van der Waals surface area contributed by atoms with Gasteiger partial charge in [-0.2, -0.15) is 0 Å². The van der Waals surface area contributed by atoms with Gasteiger partial charge in [0.25, 0.3) is 10.0 Å². The maximum absolute atomic E-state index is 12.5. The third-order valence-corrected chi connectivity index (χ3v) is 5.98. The van der Waals surface area contributed by atoms with Crippen LogP contribution in [0.5, 0.6) is 0 Å². The van der Waals surface area contributed by atoms with Gasteiger partial charge in [0, 0.05) is 13.1 Å². The molecule has 2 heterocycles. The molecule has 1 fully saturated rings. The molecule has 3 rings (SSSR count). The smallest absolute Gasteiger partial charge is 0.339 e. The first-order valence-corrected chi connectivity index (χ1v) is 10.4. The Hall–Kier alpha value is -2.61. The highest BCUT2D eigenvalue weighted by molar-refractivity contribution is 7.92. The van der Waals surface area contributed by atoms with E-state index in [0.717, 1.165) is 44.3 Å². The third kappa shape index (κ3) is 4.57. The molecule has 0 unspecified atom stereocenters. The van der Waals surface area contributed by atoms with E-state index in [0.29, 0.717) is 5.82 Å². The van der Waals surface area contributed by atoms with Crippen molar-refractivity contribution in [3.63, 3.8) is 0 Å². The van der Waals surface area contributed by atoms with Crippen molar-refractivity contribution in [2.45, 2.75) is 37.5 Å². The summed E-state index contributed by atoms with van der Waals surface area (Å²) in [5.74, 6) is -0.735. The Balaban J connectivity index is 1.89. The second-order valence-corrected chi connectivity index (χ2v) is 8.40. The number of aromatic carboxylic acids is 1. The molecule has 2 aromatic rings. The van der Waals surface area contributed by atoms with E-state index < -0.39 is 16.0 Å². The number of pyridine rings is 1. The fraction of sp³-hybridized carbons (Fsp3) is 0.368. The Labute approximate surface area is 159 Å². The number of benzene rings is 1. The summed E-state index contributed by atoms with van der Waals surface area (Å²) in [6.45, 7) is 3.37. The second kappa shape index (κ2) is 7.96. The van der Waals surface area contributed by atoms with Crippen LogP contribution < -0.4 is 9.62 Å². The first kappa shape index (κ1) is 19.2. The molecular weight excluding hydrogens is 366 g/mol. The van der Waals surface area contributed by atoms with Gasteiger partial charge in [0.05, 0.1) is 16.8 Å². The molecule has 144 valence electrons. The number of nitrogens with one attached hydrogen (secondary N) is 1. The zero-order chi connectivity index (χ0) is 19.4. The summed E-state index contributed by atoms with van der Waals surface area (Å²) in [6, 6.07) is 7.76. The van der Waals surface area contributed by atoms with E-state index in [1.807, 2.05) is 11.8 Å². The van der Waals surface area contributed by atoms with Crippen LogP contribution in [-0.4, -0.2) is 37.6 Å². The van der Waals surface area contributed by atoms with Crippen LogP contribution in [0.4, 0.5) is 11.5 Å². The number of hydrogen-bond acceptors (Lipinski definition) is 5. The first-order valence-electron chi connectivity index (χ1n) is 8.94. The van der Waals surface area contributed by atoms with Crippen molar-refractivity contribution in [1.82, 2.24) is 4.98 Å². The summed E-state index contributed by atoms with van der Waals surface area (Å²) in [4.78, 5) is 18.1. The van der Waals surface area contributed by atoms with E-state index in [4.69, 9.17) is 0 Å². The second-order valence-electron chi connectivity index (χ2n) is 6.72. The Morgan fingerprint density at radius 2 is 1.74 bits per heavy atom. The number of nitrogens with zero attached hydrogens (tertiary/aromatic N) is 2. The molecule has 1 saturated heterocycles. The minimum absolute atomic E-state index is 0.000932. The molecule has 0 aliphatic carbocycles. The summed E-state index contributed by atoms with van der Waals surface area (Å²) in [5.41, 5.74) is 1.08. The number of anilines is 2. The molecule has 0 amide bonds. The minimum atomic E-state index is -3.81. The standard InChI is InChI=1S/C19H23N3O4S/c1-14-6-8-16(9-7-14)27(25,26)21-15-12-17(19(23)24)18(20-13-15)22-10-4-2-3-5-11-22/h6-9,12-13,21H,2-5,10-11H2,1H3,(H,23,24). The SMILES string of the molecule is Cc1ccc(S(=O)(=O)Nc2cnc(N3CCCCCC3)c(C(=O)O)c2)cc1. The van der Waals surface area contributed by atoms with Crippen LogP contribution in [0.2, 0.25) is 0 Å².